The quantitative estimate of drug-likeness (QED) is 0.276. The van der Waals surface area contributed by atoms with Crippen molar-refractivity contribution in [3.8, 4) is 0 Å². The molecule has 1 atom stereocenters. The number of aryl methyl sites for hydroxylation is 2. The van der Waals surface area contributed by atoms with Gasteiger partial charge in [-0.05, 0) is 74.4 Å². The van der Waals surface area contributed by atoms with Crippen molar-refractivity contribution in [3.05, 3.63) is 117 Å². The fraction of sp³-hybridized carbons (Fsp3) is 0.138. The third-order valence-corrected chi connectivity index (χ3v) is 6.68. The molecule has 2 heterocycles. The smallest absolute Gasteiger partial charge is 0.261 e. The molecule has 1 aliphatic rings. The molecule has 0 radical (unpaired) electrons. The second kappa shape index (κ2) is 10.1. The third kappa shape index (κ3) is 4.90. The highest BCUT2D eigenvalue weighted by Gasteiger charge is 2.35. The predicted octanol–water partition coefficient (Wildman–Crippen LogP) is 6.47. The van der Waals surface area contributed by atoms with Gasteiger partial charge in [0.2, 0.25) is 0 Å². The number of benzene rings is 3. The maximum atomic E-state index is 13.7. The molecule has 0 spiro atoms. The largest absolute Gasteiger partial charge is 0.343 e. The van der Waals surface area contributed by atoms with Crippen LogP contribution in [0.4, 0.5) is 21.6 Å². The highest BCUT2D eigenvalue weighted by Crippen LogP contribution is 2.38. The summed E-state index contributed by atoms with van der Waals surface area (Å²) in [5.41, 5.74) is 5.29. The van der Waals surface area contributed by atoms with Crippen LogP contribution >= 0.6 is 11.6 Å². The molecule has 1 unspecified atom stereocenters. The van der Waals surface area contributed by atoms with Crippen molar-refractivity contribution < 1.29 is 14.0 Å². The summed E-state index contributed by atoms with van der Waals surface area (Å²) in [6.45, 7) is 5.73. The Bertz CT molecular complexity index is 1580. The topological polar surface area (TPSA) is 88.0 Å². The monoisotopic (exact) mass is 529 g/mol. The highest BCUT2D eigenvalue weighted by atomic mass is 35.5. The zero-order valence-corrected chi connectivity index (χ0v) is 21.7. The summed E-state index contributed by atoms with van der Waals surface area (Å²) in [6, 6.07) is 17.9. The number of allylic oxidation sites excluding steroid dienone is 1. The van der Waals surface area contributed by atoms with Gasteiger partial charge in [-0.25, -0.2) is 9.07 Å². The van der Waals surface area contributed by atoms with Gasteiger partial charge in [0.15, 0.2) is 0 Å². The van der Waals surface area contributed by atoms with Gasteiger partial charge in [-0.3, -0.25) is 9.59 Å². The molecule has 5 rings (SSSR count). The first-order valence-electron chi connectivity index (χ1n) is 12.0. The minimum Gasteiger partial charge on any atom is -0.343 e. The number of carbonyl (C=O) groups is 2. The van der Waals surface area contributed by atoms with Crippen molar-refractivity contribution in [1.82, 2.24) is 9.78 Å². The number of hydrogen-bond acceptors (Lipinski definition) is 4. The molecule has 192 valence electrons. The number of rotatable bonds is 5. The van der Waals surface area contributed by atoms with E-state index >= 15 is 0 Å². The van der Waals surface area contributed by atoms with E-state index in [9.17, 15) is 14.0 Å². The number of amides is 2. The van der Waals surface area contributed by atoms with E-state index in [1.807, 2.05) is 44.2 Å². The lowest BCUT2D eigenvalue weighted by Gasteiger charge is -2.30. The number of anilines is 3. The predicted molar refractivity (Wildman–Crippen MR) is 147 cm³/mol. The van der Waals surface area contributed by atoms with E-state index in [-0.39, 0.29) is 11.5 Å². The van der Waals surface area contributed by atoms with Gasteiger partial charge >= 0.3 is 0 Å². The molecule has 7 nitrogen and oxygen atoms in total. The summed E-state index contributed by atoms with van der Waals surface area (Å²) in [5.74, 6) is -0.674. The molecule has 0 bridgehead atoms. The Labute approximate surface area is 224 Å². The van der Waals surface area contributed by atoms with Crippen LogP contribution in [0.3, 0.4) is 0 Å². The van der Waals surface area contributed by atoms with Gasteiger partial charge in [-0.1, -0.05) is 41.4 Å². The van der Waals surface area contributed by atoms with E-state index in [2.05, 4.69) is 21.0 Å². The van der Waals surface area contributed by atoms with Gasteiger partial charge < -0.3 is 16.0 Å². The Morgan fingerprint density at radius 1 is 0.947 bits per heavy atom. The average molecular weight is 530 g/mol. The lowest BCUT2D eigenvalue weighted by molar-refractivity contribution is -0.113. The molecule has 2 amide bonds. The Kier molecular flexibility index (Phi) is 6.73. The minimum absolute atomic E-state index is 0.279. The van der Waals surface area contributed by atoms with Gasteiger partial charge in [0.25, 0.3) is 11.8 Å². The Balaban J connectivity index is 1.53. The molecule has 1 aliphatic heterocycles. The van der Waals surface area contributed by atoms with E-state index in [1.165, 1.54) is 30.5 Å². The van der Waals surface area contributed by atoms with Crippen LogP contribution in [0.2, 0.25) is 5.02 Å². The van der Waals surface area contributed by atoms with Crippen LogP contribution < -0.4 is 16.0 Å². The fourth-order valence-corrected chi connectivity index (χ4v) is 4.67. The van der Waals surface area contributed by atoms with E-state index in [0.717, 1.165) is 16.7 Å². The van der Waals surface area contributed by atoms with Crippen LogP contribution in [0.15, 0.2) is 84.2 Å². The van der Waals surface area contributed by atoms with Crippen molar-refractivity contribution in [1.29, 1.82) is 0 Å². The number of carbonyl (C=O) groups excluding carboxylic acids is 2. The van der Waals surface area contributed by atoms with Gasteiger partial charge in [-0.2, -0.15) is 5.10 Å². The molecule has 0 aliphatic carbocycles. The Morgan fingerprint density at radius 3 is 2.34 bits per heavy atom. The van der Waals surface area contributed by atoms with Crippen molar-refractivity contribution >= 4 is 40.6 Å². The van der Waals surface area contributed by atoms with Crippen molar-refractivity contribution in [3.63, 3.8) is 0 Å². The molecule has 3 N–H and O–H groups in total. The van der Waals surface area contributed by atoms with E-state index in [0.29, 0.717) is 33.5 Å². The molecule has 0 fully saturated rings. The van der Waals surface area contributed by atoms with Crippen LogP contribution in [0.25, 0.3) is 0 Å². The normalized spacial score (nSPS) is 14.5. The number of hydrogen-bond donors (Lipinski definition) is 3. The van der Waals surface area contributed by atoms with Crippen LogP contribution in [-0.4, -0.2) is 21.6 Å². The summed E-state index contributed by atoms with van der Waals surface area (Å²) in [4.78, 5) is 26.8. The second-order valence-electron chi connectivity index (χ2n) is 9.20. The molecular weight excluding hydrogens is 505 g/mol. The zero-order chi connectivity index (χ0) is 27.0. The summed E-state index contributed by atoms with van der Waals surface area (Å²) in [6.07, 6.45) is 1.45. The first-order valence-corrected chi connectivity index (χ1v) is 12.4. The number of fused-ring (bicyclic) bond motifs is 1. The first kappa shape index (κ1) is 25.2. The van der Waals surface area contributed by atoms with Crippen LogP contribution in [0, 0.1) is 19.7 Å². The summed E-state index contributed by atoms with van der Waals surface area (Å²) in [5, 5.41) is 14.1. The maximum absolute atomic E-state index is 13.7. The molecular formula is C29H25ClFN5O2. The standard InChI is InChI=1S/C29H25ClFN5O2/c1-16-4-13-24(17(2)14-16)35-29(38)25-18(3)33-27-23(28(37)34-22-11-9-21(31)10-12-22)15-32-36(27)26(25)19-5-7-20(30)8-6-19/h4-15,26,33H,1-3H3,(H,34,37)(H,35,38). The second-order valence-corrected chi connectivity index (χ2v) is 9.64. The fourth-order valence-electron chi connectivity index (χ4n) is 4.54. The zero-order valence-electron chi connectivity index (χ0n) is 21.0. The summed E-state index contributed by atoms with van der Waals surface area (Å²) in [7, 11) is 0. The van der Waals surface area contributed by atoms with Crippen molar-refractivity contribution in [2.75, 3.05) is 16.0 Å². The molecule has 4 aromatic rings. The molecule has 0 saturated heterocycles. The van der Waals surface area contributed by atoms with Gasteiger partial charge in [-0.15, -0.1) is 0 Å². The number of nitrogens with zero attached hydrogens (tertiary/aromatic N) is 2. The van der Waals surface area contributed by atoms with Crippen LogP contribution in [0.5, 0.6) is 0 Å². The molecule has 38 heavy (non-hydrogen) atoms. The number of halogens is 2. The lowest BCUT2D eigenvalue weighted by atomic mass is 9.94. The lowest BCUT2D eigenvalue weighted by Crippen LogP contribution is -2.32. The Hall–Kier alpha value is -4.43. The average Bonchev–Trinajstić information content (AvgIpc) is 3.30. The van der Waals surface area contributed by atoms with Crippen LogP contribution in [-0.2, 0) is 4.79 Å². The van der Waals surface area contributed by atoms with Gasteiger partial charge in [0.1, 0.15) is 23.2 Å². The summed E-state index contributed by atoms with van der Waals surface area (Å²) < 4.78 is 14.9. The first-order chi connectivity index (χ1) is 18.2. The van der Waals surface area contributed by atoms with Gasteiger partial charge in [0, 0.05) is 22.1 Å². The summed E-state index contributed by atoms with van der Waals surface area (Å²) >= 11 is 6.15. The molecule has 3 aromatic carbocycles. The van der Waals surface area contributed by atoms with E-state index in [1.54, 1.807) is 23.7 Å². The number of aromatic nitrogens is 2. The molecule has 0 saturated carbocycles. The van der Waals surface area contributed by atoms with E-state index < -0.39 is 17.8 Å². The molecule has 1 aromatic heterocycles. The third-order valence-electron chi connectivity index (χ3n) is 6.43. The Morgan fingerprint density at radius 2 is 1.66 bits per heavy atom. The van der Waals surface area contributed by atoms with E-state index in [4.69, 9.17) is 11.6 Å². The van der Waals surface area contributed by atoms with Crippen molar-refractivity contribution in [2.45, 2.75) is 26.8 Å². The SMILES string of the molecule is CC1=C(C(=O)Nc2ccc(C)cc2C)C(c2ccc(Cl)cc2)n2ncc(C(=O)Nc3ccc(F)cc3)c2N1. The van der Waals surface area contributed by atoms with Gasteiger partial charge in [0.05, 0.1) is 11.8 Å². The highest BCUT2D eigenvalue weighted by molar-refractivity contribution is 6.30. The van der Waals surface area contributed by atoms with Crippen molar-refractivity contribution in [2.24, 2.45) is 0 Å². The molecule has 9 heteroatoms. The van der Waals surface area contributed by atoms with Crippen LogP contribution in [0.1, 0.15) is 40.0 Å². The maximum Gasteiger partial charge on any atom is 0.261 e. The number of nitrogens with one attached hydrogen (secondary N) is 3. The minimum atomic E-state index is -0.623.